The van der Waals surface area contributed by atoms with Crippen molar-refractivity contribution < 1.29 is 17.9 Å². The Hall–Kier alpha value is -0.990. The van der Waals surface area contributed by atoms with Crippen molar-refractivity contribution in [2.75, 3.05) is 7.11 Å². The van der Waals surface area contributed by atoms with Gasteiger partial charge in [0.25, 0.3) is 10.0 Å². The fourth-order valence-corrected chi connectivity index (χ4v) is 5.11. The number of rotatable bonds is 4. The number of nitrogens with zero attached hydrogens (tertiary/aromatic N) is 1. The van der Waals surface area contributed by atoms with Crippen LogP contribution in [0.5, 0.6) is 0 Å². The molecule has 2 unspecified atom stereocenters. The summed E-state index contributed by atoms with van der Waals surface area (Å²) in [5.41, 5.74) is 1.20. The predicted molar refractivity (Wildman–Crippen MR) is 79.8 cm³/mol. The molecule has 1 aromatic rings. The van der Waals surface area contributed by atoms with Crippen LogP contribution in [0.3, 0.4) is 0 Å². The number of methoxy groups -OCH3 is 1. The molecule has 2 atom stereocenters. The molecule has 0 spiro atoms. The summed E-state index contributed by atoms with van der Waals surface area (Å²) in [6.07, 6.45) is 5.13. The summed E-state index contributed by atoms with van der Waals surface area (Å²) >= 11 is 0.933. The van der Waals surface area contributed by atoms with Crippen LogP contribution in [0.2, 0.25) is 0 Å². The summed E-state index contributed by atoms with van der Waals surface area (Å²) in [4.78, 5) is 15.4. The summed E-state index contributed by atoms with van der Waals surface area (Å²) in [7, 11) is -2.54. The quantitative estimate of drug-likeness (QED) is 0.675. The number of hydrogen-bond acceptors (Lipinski definition) is 6. The summed E-state index contributed by atoms with van der Waals surface area (Å²) in [5.74, 6) is -0.442. The zero-order valence-corrected chi connectivity index (χ0v) is 13.8. The van der Waals surface area contributed by atoms with Gasteiger partial charge in [0.2, 0.25) is 0 Å². The van der Waals surface area contributed by atoms with E-state index in [4.69, 9.17) is 0 Å². The minimum Gasteiger partial charge on any atom is -0.464 e. The van der Waals surface area contributed by atoms with Crippen LogP contribution < -0.4 is 4.72 Å². The number of aromatic nitrogens is 1. The van der Waals surface area contributed by atoms with Gasteiger partial charge in [-0.2, -0.15) is 0 Å². The molecule has 1 N–H and O–H groups in total. The zero-order chi connectivity index (χ0) is 15.5. The fourth-order valence-electron chi connectivity index (χ4n) is 2.58. The van der Waals surface area contributed by atoms with Crippen molar-refractivity contribution in [3.63, 3.8) is 0 Å². The molecule has 1 aliphatic rings. The lowest BCUT2D eigenvalue weighted by Crippen LogP contribution is -2.39. The first kappa shape index (κ1) is 16.4. The second-order valence-electron chi connectivity index (χ2n) is 5.32. The molecule has 1 aliphatic carbocycles. The largest absolute Gasteiger partial charge is 0.464 e. The van der Waals surface area contributed by atoms with Gasteiger partial charge >= 0.3 is 5.97 Å². The van der Waals surface area contributed by atoms with Crippen LogP contribution in [0, 0.1) is 5.92 Å². The maximum atomic E-state index is 12.5. The van der Waals surface area contributed by atoms with E-state index < -0.39 is 16.0 Å². The Morgan fingerprint density at radius 1 is 1.38 bits per heavy atom. The third-order valence-corrected chi connectivity index (χ3v) is 6.69. The first-order chi connectivity index (χ1) is 9.95. The first-order valence-electron chi connectivity index (χ1n) is 7.00. The topological polar surface area (TPSA) is 85.4 Å². The van der Waals surface area contributed by atoms with E-state index in [9.17, 15) is 13.2 Å². The van der Waals surface area contributed by atoms with Crippen LogP contribution in [0.25, 0.3) is 0 Å². The number of esters is 1. The van der Waals surface area contributed by atoms with Gasteiger partial charge in [0, 0.05) is 6.04 Å². The van der Waals surface area contributed by atoms with Gasteiger partial charge in [0.15, 0.2) is 9.90 Å². The van der Waals surface area contributed by atoms with E-state index in [0.717, 1.165) is 43.4 Å². The van der Waals surface area contributed by atoms with Crippen LogP contribution >= 0.6 is 11.3 Å². The molecule has 1 fully saturated rings. The Balaban J connectivity index is 2.22. The minimum atomic E-state index is -3.75. The molecule has 1 aromatic heterocycles. The smallest absolute Gasteiger partial charge is 0.358 e. The number of sulfonamides is 1. The van der Waals surface area contributed by atoms with Crippen LogP contribution in [-0.2, 0) is 14.8 Å². The molecular formula is C13H20N2O4S2. The Morgan fingerprint density at radius 3 is 2.81 bits per heavy atom. The van der Waals surface area contributed by atoms with Gasteiger partial charge in [0.05, 0.1) is 12.6 Å². The van der Waals surface area contributed by atoms with Crippen LogP contribution in [0.1, 0.15) is 49.5 Å². The van der Waals surface area contributed by atoms with Crippen LogP contribution in [0.4, 0.5) is 0 Å². The molecule has 6 nitrogen and oxygen atoms in total. The highest BCUT2D eigenvalue weighted by Gasteiger charge is 2.31. The molecule has 0 bridgehead atoms. The van der Waals surface area contributed by atoms with Crippen molar-refractivity contribution in [3.8, 4) is 0 Å². The van der Waals surface area contributed by atoms with E-state index in [1.165, 1.54) is 12.6 Å². The number of nitrogens with one attached hydrogen (secondary N) is 1. The second-order valence-corrected chi connectivity index (χ2v) is 8.09. The summed E-state index contributed by atoms with van der Waals surface area (Å²) in [6.45, 7) is 2.06. The van der Waals surface area contributed by atoms with E-state index in [1.807, 2.05) is 0 Å². The summed E-state index contributed by atoms with van der Waals surface area (Å²) in [6, 6.07) is -0.0925. The maximum Gasteiger partial charge on any atom is 0.358 e. The Bertz CT molecular complexity index is 597. The molecule has 0 amide bonds. The SMILES string of the molecule is COC(=O)c1ncsc1S(=O)(=O)NC1CCCCCC1C. The van der Waals surface area contributed by atoms with Gasteiger partial charge in [-0.3, -0.25) is 0 Å². The van der Waals surface area contributed by atoms with Crippen LogP contribution in [-0.4, -0.2) is 32.5 Å². The first-order valence-corrected chi connectivity index (χ1v) is 9.36. The predicted octanol–water partition coefficient (Wildman–Crippen LogP) is 2.18. The lowest BCUT2D eigenvalue weighted by atomic mass is 9.98. The molecule has 1 heterocycles. The standard InChI is InChI=1S/C13H20N2O4S2/c1-9-6-4-3-5-7-10(9)15-21(17,18)13-11(12(16)19-2)14-8-20-13/h8-10,15H,3-7H2,1-2H3. The number of carbonyl (C=O) groups excluding carboxylic acids is 1. The molecule has 8 heteroatoms. The number of ether oxygens (including phenoxy) is 1. The summed E-state index contributed by atoms with van der Waals surface area (Å²) in [5, 5.41) is 0. The molecule has 1 saturated carbocycles. The lowest BCUT2D eigenvalue weighted by Gasteiger charge is -2.22. The Morgan fingerprint density at radius 2 is 2.10 bits per heavy atom. The Labute approximate surface area is 129 Å². The van der Waals surface area contributed by atoms with E-state index in [2.05, 4.69) is 21.4 Å². The number of thiazole rings is 1. The normalized spacial score (nSPS) is 23.5. The van der Waals surface area contributed by atoms with E-state index in [0.29, 0.717) is 0 Å². The van der Waals surface area contributed by atoms with Gasteiger partial charge in [-0.05, 0) is 18.8 Å². The minimum absolute atomic E-state index is 0.0641. The Kier molecular flexibility index (Phi) is 5.34. The van der Waals surface area contributed by atoms with E-state index >= 15 is 0 Å². The third kappa shape index (κ3) is 3.81. The number of carbonyl (C=O) groups is 1. The van der Waals surface area contributed by atoms with Crippen LogP contribution in [0.15, 0.2) is 9.72 Å². The summed E-state index contributed by atoms with van der Waals surface area (Å²) < 4.78 is 32.3. The zero-order valence-electron chi connectivity index (χ0n) is 12.2. The molecular weight excluding hydrogens is 312 g/mol. The maximum absolute atomic E-state index is 12.5. The van der Waals surface area contributed by atoms with Gasteiger partial charge < -0.3 is 4.74 Å². The van der Waals surface area contributed by atoms with Crippen molar-refractivity contribution >= 4 is 27.3 Å². The van der Waals surface area contributed by atoms with E-state index in [1.54, 1.807) is 0 Å². The second kappa shape index (κ2) is 6.85. The molecule has 2 rings (SSSR count). The molecule has 118 valence electrons. The highest BCUT2D eigenvalue weighted by Crippen LogP contribution is 2.26. The van der Waals surface area contributed by atoms with Gasteiger partial charge in [-0.15, -0.1) is 11.3 Å². The number of hydrogen-bond donors (Lipinski definition) is 1. The third-order valence-electron chi connectivity index (χ3n) is 3.83. The van der Waals surface area contributed by atoms with Gasteiger partial charge in [-0.1, -0.05) is 26.2 Å². The monoisotopic (exact) mass is 332 g/mol. The molecule has 0 radical (unpaired) electrons. The fraction of sp³-hybridized carbons (Fsp3) is 0.692. The van der Waals surface area contributed by atoms with Crippen molar-refractivity contribution in [1.82, 2.24) is 9.71 Å². The highest BCUT2D eigenvalue weighted by atomic mass is 32.2. The van der Waals surface area contributed by atoms with Crippen molar-refractivity contribution in [2.45, 2.75) is 49.3 Å². The van der Waals surface area contributed by atoms with E-state index in [-0.39, 0.29) is 21.9 Å². The molecule has 21 heavy (non-hydrogen) atoms. The lowest BCUT2D eigenvalue weighted by molar-refractivity contribution is 0.0590. The average molecular weight is 332 g/mol. The van der Waals surface area contributed by atoms with Gasteiger partial charge in [-0.25, -0.2) is 22.9 Å². The average Bonchev–Trinajstić information content (AvgIpc) is 2.87. The van der Waals surface area contributed by atoms with Crippen molar-refractivity contribution in [3.05, 3.63) is 11.2 Å². The van der Waals surface area contributed by atoms with Gasteiger partial charge in [0.1, 0.15) is 0 Å². The molecule has 0 saturated heterocycles. The van der Waals surface area contributed by atoms with Crippen molar-refractivity contribution in [1.29, 1.82) is 0 Å². The van der Waals surface area contributed by atoms with Crippen molar-refractivity contribution in [2.24, 2.45) is 5.92 Å². The molecule has 0 aliphatic heterocycles. The molecule has 0 aromatic carbocycles. The highest BCUT2D eigenvalue weighted by molar-refractivity contribution is 7.91.